The first kappa shape index (κ1) is 31.3. The highest BCUT2D eigenvalue weighted by atomic mass is 19.3. The zero-order valence-corrected chi connectivity index (χ0v) is 22.6. The van der Waals surface area contributed by atoms with E-state index in [1.54, 1.807) is 13.0 Å². The number of esters is 2. The second-order valence-corrected chi connectivity index (χ2v) is 10.2. The minimum Gasteiger partial charge on any atom is -0.469 e. The Bertz CT molecular complexity index is 749. The van der Waals surface area contributed by atoms with Gasteiger partial charge in [0.1, 0.15) is 6.10 Å². The number of alkyl halides is 2. The first-order valence-electron chi connectivity index (χ1n) is 13.8. The van der Waals surface area contributed by atoms with Crippen molar-refractivity contribution in [3.8, 4) is 0 Å². The van der Waals surface area contributed by atoms with Gasteiger partial charge in [-0.2, -0.15) is 8.78 Å². The summed E-state index contributed by atoms with van der Waals surface area (Å²) in [4.78, 5) is 35.5. The molecule has 1 aliphatic heterocycles. The SMILES string of the molecule is CCCCC(F)(F)C(=O)C=C[C@H]1[C@@H](CCCCCCC(=O)OC)[C@H](OC(C)=O)C[C@H]1OC1CCCCO1. The van der Waals surface area contributed by atoms with E-state index in [9.17, 15) is 23.2 Å². The quantitative estimate of drug-likeness (QED) is 0.139. The molecule has 37 heavy (non-hydrogen) atoms. The standard InChI is InChI=1S/C28H44F2O7/c1-4-5-17-28(29,30)25(32)16-15-22-21(12-8-6-7-9-13-26(33)34-3)23(36-20(2)31)19-24(22)37-27-14-10-11-18-35-27/h15-16,21-24,27H,4-14,17-19H2,1-3H3/t21-,22+,23-,24-,27?/m1/s1. The van der Waals surface area contributed by atoms with Gasteiger partial charge in [0, 0.05) is 44.6 Å². The van der Waals surface area contributed by atoms with E-state index in [1.165, 1.54) is 14.0 Å². The minimum atomic E-state index is -3.40. The van der Waals surface area contributed by atoms with Crippen LogP contribution in [-0.2, 0) is 33.3 Å². The number of ketones is 1. The number of hydrogen-bond acceptors (Lipinski definition) is 7. The van der Waals surface area contributed by atoms with Crippen molar-refractivity contribution in [3.63, 3.8) is 0 Å². The molecular weight excluding hydrogens is 486 g/mol. The van der Waals surface area contributed by atoms with Crippen LogP contribution in [0.25, 0.3) is 0 Å². The lowest BCUT2D eigenvalue weighted by Gasteiger charge is -2.29. The Morgan fingerprint density at radius 1 is 1.05 bits per heavy atom. The summed E-state index contributed by atoms with van der Waals surface area (Å²) in [6, 6.07) is 0. The van der Waals surface area contributed by atoms with Crippen LogP contribution in [0.2, 0.25) is 0 Å². The molecule has 9 heteroatoms. The maximum absolute atomic E-state index is 14.3. The third-order valence-electron chi connectivity index (χ3n) is 7.22. The third kappa shape index (κ3) is 10.8. The highest BCUT2D eigenvalue weighted by Gasteiger charge is 2.46. The van der Waals surface area contributed by atoms with E-state index in [4.69, 9.17) is 14.2 Å². The highest BCUT2D eigenvalue weighted by Crippen LogP contribution is 2.42. The normalized spacial score (nSPS) is 26.4. The summed E-state index contributed by atoms with van der Waals surface area (Å²) in [7, 11) is 1.37. The summed E-state index contributed by atoms with van der Waals surface area (Å²) in [5, 5.41) is 0. The molecule has 0 spiro atoms. The van der Waals surface area contributed by atoms with Crippen LogP contribution in [0.3, 0.4) is 0 Å². The molecule has 212 valence electrons. The zero-order valence-electron chi connectivity index (χ0n) is 22.6. The average molecular weight is 531 g/mol. The van der Waals surface area contributed by atoms with Gasteiger partial charge in [0.2, 0.25) is 5.78 Å². The van der Waals surface area contributed by atoms with Crippen LogP contribution < -0.4 is 0 Å². The van der Waals surface area contributed by atoms with Gasteiger partial charge in [0.15, 0.2) is 6.29 Å². The average Bonchev–Trinajstić information content (AvgIpc) is 3.18. The zero-order chi connectivity index (χ0) is 27.3. The number of rotatable bonds is 16. The van der Waals surface area contributed by atoms with E-state index in [0.29, 0.717) is 32.3 Å². The number of ether oxygens (including phenoxy) is 4. The molecule has 1 saturated heterocycles. The number of carbonyl (C=O) groups is 3. The summed E-state index contributed by atoms with van der Waals surface area (Å²) < 4.78 is 51.0. The van der Waals surface area contributed by atoms with Gasteiger partial charge in [-0.05, 0) is 44.6 Å². The van der Waals surface area contributed by atoms with Crippen LogP contribution in [0, 0.1) is 11.8 Å². The van der Waals surface area contributed by atoms with Crippen molar-refractivity contribution in [2.45, 2.75) is 122 Å². The second kappa shape index (κ2) is 16.2. The first-order chi connectivity index (χ1) is 17.7. The number of unbranched alkanes of at least 4 members (excludes halogenated alkanes) is 4. The lowest BCUT2D eigenvalue weighted by molar-refractivity contribution is -0.193. The maximum Gasteiger partial charge on any atom is 0.309 e. The Balaban J connectivity index is 2.13. The Hall–Kier alpha value is -1.87. The van der Waals surface area contributed by atoms with Gasteiger partial charge < -0.3 is 18.9 Å². The van der Waals surface area contributed by atoms with E-state index >= 15 is 0 Å². The summed E-state index contributed by atoms with van der Waals surface area (Å²) in [6.45, 7) is 3.76. The Morgan fingerprint density at radius 3 is 2.46 bits per heavy atom. The Labute approximate surface area is 219 Å². The van der Waals surface area contributed by atoms with E-state index in [-0.39, 0.29) is 24.2 Å². The van der Waals surface area contributed by atoms with Crippen LogP contribution in [-0.4, -0.2) is 55.9 Å². The van der Waals surface area contributed by atoms with E-state index in [1.807, 2.05) is 0 Å². The molecular formula is C28H44F2O7. The maximum atomic E-state index is 14.3. The summed E-state index contributed by atoms with van der Waals surface area (Å²) in [6.07, 6.45) is 9.05. The molecule has 1 saturated carbocycles. The van der Waals surface area contributed by atoms with Gasteiger partial charge in [-0.15, -0.1) is 0 Å². The fourth-order valence-electron chi connectivity index (χ4n) is 5.19. The fraction of sp³-hybridized carbons (Fsp3) is 0.821. The smallest absolute Gasteiger partial charge is 0.309 e. The molecule has 0 radical (unpaired) electrons. The highest BCUT2D eigenvalue weighted by molar-refractivity contribution is 5.95. The van der Waals surface area contributed by atoms with Crippen molar-refractivity contribution in [1.82, 2.24) is 0 Å². The van der Waals surface area contributed by atoms with Gasteiger partial charge in [-0.3, -0.25) is 14.4 Å². The van der Waals surface area contributed by atoms with Gasteiger partial charge in [-0.1, -0.05) is 38.7 Å². The molecule has 7 nitrogen and oxygen atoms in total. The summed E-state index contributed by atoms with van der Waals surface area (Å²) >= 11 is 0. The summed E-state index contributed by atoms with van der Waals surface area (Å²) in [5.74, 6) is -5.79. The van der Waals surface area contributed by atoms with Gasteiger partial charge >= 0.3 is 17.9 Å². The number of allylic oxidation sites excluding steroid dienone is 1. The van der Waals surface area contributed by atoms with Crippen LogP contribution in [0.4, 0.5) is 8.78 Å². The molecule has 0 aromatic heterocycles. The summed E-state index contributed by atoms with van der Waals surface area (Å²) in [5.41, 5.74) is 0. The van der Waals surface area contributed by atoms with E-state index < -0.39 is 42.6 Å². The molecule has 0 bridgehead atoms. The monoisotopic (exact) mass is 530 g/mol. The molecule has 0 aromatic rings. The van der Waals surface area contributed by atoms with Crippen molar-refractivity contribution in [1.29, 1.82) is 0 Å². The lowest BCUT2D eigenvalue weighted by atomic mass is 9.87. The third-order valence-corrected chi connectivity index (χ3v) is 7.22. The van der Waals surface area contributed by atoms with Crippen LogP contribution >= 0.6 is 0 Å². The number of hydrogen-bond donors (Lipinski definition) is 0. The van der Waals surface area contributed by atoms with Crippen molar-refractivity contribution in [3.05, 3.63) is 12.2 Å². The van der Waals surface area contributed by atoms with Crippen LogP contribution in [0.15, 0.2) is 12.2 Å². The van der Waals surface area contributed by atoms with Crippen molar-refractivity contribution >= 4 is 17.7 Å². The minimum absolute atomic E-state index is 0.175. The van der Waals surface area contributed by atoms with E-state index in [2.05, 4.69) is 4.74 Å². The Morgan fingerprint density at radius 2 is 1.81 bits per heavy atom. The van der Waals surface area contributed by atoms with E-state index in [0.717, 1.165) is 51.0 Å². The molecule has 1 unspecified atom stereocenters. The molecule has 1 heterocycles. The molecule has 5 atom stereocenters. The number of carbonyl (C=O) groups excluding carboxylic acids is 3. The predicted octanol–water partition coefficient (Wildman–Crippen LogP) is 5.93. The largest absolute Gasteiger partial charge is 0.469 e. The van der Waals surface area contributed by atoms with Crippen LogP contribution in [0.1, 0.15) is 97.3 Å². The molecule has 2 aliphatic rings. The predicted molar refractivity (Wildman–Crippen MR) is 134 cm³/mol. The van der Waals surface area contributed by atoms with Gasteiger partial charge in [-0.25, -0.2) is 0 Å². The number of halogens is 2. The van der Waals surface area contributed by atoms with Gasteiger partial charge in [0.25, 0.3) is 0 Å². The molecule has 1 aliphatic carbocycles. The molecule has 0 N–H and O–H groups in total. The fourth-order valence-corrected chi connectivity index (χ4v) is 5.19. The molecule has 0 amide bonds. The van der Waals surface area contributed by atoms with Crippen molar-refractivity contribution < 1.29 is 42.1 Å². The molecule has 2 rings (SSSR count). The first-order valence-corrected chi connectivity index (χ1v) is 13.8. The lowest BCUT2D eigenvalue weighted by Crippen LogP contribution is -2.31. The van der Waals surface area contributed by atoms with Gasteiger partial charge in [0.05, 0.1) is 13.2 Å². The van der Waals surface area contributed by atoms with Crippen molar-refractivity contribution in [2.24, 2.45) is 11.8 Å². The molecule has 0 aromatic carbocycles. The van der Waals surface area contributed by atoms with Crippen molar-refractivity contribution in [2.75, 3.05) is 13.7 Å². The second-order valence-electron chi connectivity index (χ2n) is 10.2. The topological polar surface area (TPSA) is 88.1 Å². The van der Waals surface area contributed by atoms with Crippen LogP contribution in [0.5, 0.6) is 0 Å². The molecule has 2 fully saturated rings. The Kier molecular flexibility index (Phi) is 13.7. The number of methoxy groups -OCH3 is 1.